The quantitative estimate of drug-likeness (QED) is 0.764. The highest BCUT2D eigenvalue weighted by atomic mass is 16.5. The largest absolute Gasteiger partial charge is 0.358 e. The minimum Gasteiger partial charge on any atom is -0.358 e. The molecule has 0 bridgehead atoms. The third-order valence-electron chi connectivity index (χ3n) is 2.96. The Morgan fingerprint density at radius 2 is 1.94 bits per heavy atom. The molecule has 16 heavy (non-hydrogen) atoms. The fraction of sp³-hybridized carbons (Fsp3) is 0.462. The number of rotatable bonds is 2. The van der Waals surface area contributed by atoms with E-state index in [0.29, 0.717) is 0 Å². The summed E-state index contributed by atoms with van der Waals surface area (Å²) < 4.78 is 5.82. The zero-order valence-corrected chi connectivity index (χ0v) is 10.2. The van der Waals surface area contributed by atoms with Crippen molar-refractivity contribution in [3.8, 4) is 0 Å². The first-order valence-corrected chi connectivity index (χ1v) is 5.52. The topological polar surface area (TPSA) is 29.5 Å². The molecule has 1 aromatic carbocycles. The van der Waals surface area contributed by atoms with E-state index in [1.165, 1.54) is 0 Å². The molecule has 1 aliphatic rings. The van der Waals surface area contributed by atoms with Crippen molar-refractivity contribution in [2.24, 2.45) is 0 Å². The lowest BCUT2D eigenvalue weighted by Crippen LogP contribution is -2.40. The number of ether oxygens (including phenoxy) is 1. The standard InChI is InChI=1S/C13H17NO2/c1-9(2)16-13(3)10-7-5-6-8-11(10)14(4)12(13)15/h5-9H,1-4H3. The molecule has 0 saturated carbocycles. The SMILES string of the molecule is CC(C)OC1(C)C(=O)N(C)c2ccccc21. The summed E-state index contributed by atoms with van der Waals surface area (Å²) in [4.78, 5) is 13.9. The van der Waals surface area contributed by atoms with Crippen LogP contribution in [-0.4, -0.2) is 19.1 Å². The van der Waals surface area contributed by atoms with Gasteiger partial charge in [-0.05, 0) is 26.8 Å². The van der Waals surface area contributed by atoms with Gasteiger partial charge in [0.05, 0.1) is 11.8 Å². The van der Waals surface area contributed by atoms with Crippen LogP contribution in [0.15, 0.2) is 24.3 Å². The van der Waals surface area contributed by atoms with Crippen LogP contribution >= 0.6 is 0 Å². The Bertz CT molecular complexity index is 428. The third-order valence-corrected chi connectivity index (χ3v) is 2.96. The van der Waals surface area contributed by atoms with Gasteiger partial charge in [-0.15, -0.1) is 0 Å². The van der Waals surface area contributed by atoms with E-state index < -0.39 is 5.60 Å². The number of carbonyl (C=O) groups excluding carboxylic acids is 1. The Morgan fingerprint density at radius 1 is 1.31 bits per heavy atom. The number of nitrogens with zero attached hydrogens (tertiary/aromatic N) is 1. The van der Waals surface area contributed by atoms with Crippen molar-refractivity contribution < 1.29 is 9.53 Å². The molecule has 1 aromatic rings. The number of para-hydroxylation sites is 1. The molecule has 0 spiro atoms. The number of benzene rings is 1. The molecule has 1 aliphatic heterocycles. The summed E-state index contributed by atoms with van der Waals surface area (Å²) in [7, 11) is 1.79. The summed E-state index contributed by atoms with van der Waals surface area (Å²) in [6, 6.07) is 7.78. The Hall–Kier alpha value is -1.35. The van der Waals surface area contributed by atoms with Crippen LogP contribution in [0.3, 0.4) is 0 Å². The van der Waals surface area contributed by atoms with Crippen LogP contribution in [0.5, 0.6) is 0 Å². The molecule has 1 amide bonds. The molecule has 1 atom stereocenters. The van der Waals surface area contributed by atoms with Gasteiger partial charge in [0, 0.05) is 12.6 Å². The van der Waals surface area contributed by atoms with Crippen molar-refractivity contribution in [1.82, 2.24) is 0 Å². The Morgan fingerprint density at radius 3 is 2.56 bits per heavy atom. The first-order valence-electron chi connectivity index (χ1n) is 5.52. The molecular formula is C13H17NO2. The predicted molar refractivity (Wildman–Crippen MR) is 63.4 cm³/mol. The van der Waals surface area contributed by atoms with Gasteiger partial charge in [-0.25, -0.2) is 0 Å². The van der Waals surface area contributed by atoms with Gasteiger partial charge in [0.25, 0.3) is 5.91 Å². The van der Waals surface area contributed by atoms with E-state index in [4.69, 9.17) is 4.74 Å². The number of hydrogen-bond acceptors (Lipinski definition) is 2. The van der Waals surface area contributed by atoms with Crippen LogP contribution < -0.4 is 4.90 Å². The van der Waals surface area contributed by atoms with E-state index in [2.05, 4.69) is 0 Å². The molecule has 2 rings (SSSR count). The molecule has 0 fully saturated rings. The normalized spacial score (nSPS) is 24.1. The van der Waals surface area contributed by atoms with E-state index in [-0.39, 0.29) is 12.0 Å². The number of fused-ring (bicyclic) bond motifs is 1. The van der Waals surface area contributed by atoms with Gasteiger partial charge >= 0.3 is 0 Å². The number of amides is 1. The summed E-state index contributed by atoms with van der Waals surface area (Å²) in [5.41, 5.74) is 1.06. The molecule has 3 heteroatoms. The van der Waals surface area contributed by atoms with Crippen LogP contribution in [0, 0.1) is 0 Å². The van der Waals surface area contributed by atoms with Gasteiger partial charge in [0.2, 0.25) is 0 Å². The average Bonchev–Trinajstić information content (AvgIpc) is 2.42. The minimum absolute atomic E-state index is 0.00222. The first kappa shape index (κ1) is 11.1. The first-order chi connectivity index (χ1) is 7.47. The molecular weight excluding hydrogens is 202 g/mol. The number of carbonyl (C=O) groups is 1. The van der Waals surface area contributed by atoms with Gasteiger partial charge in [-0.2, -0.15) is 0 Å². The molecule has 86 valence electrons. The summed E-state index contributed by atoms with van der Waals surface area (Å²) >= 11 is 0. The second kappa shape index (κ2) is 3.59. The van der Waals surface area contributed by atoms with Crippen LogP contribution in [0.2, 0.25) is 0 Å². The highest BCUT2D eigenvalue weighted by molar-refractivity contribution is 6.06. The maximum Gasteiger partial charge on any atom is 0.263 e. The zero-order valence-electron chi connectivity index (χ0n) is 10.2. The number of anilines is 1. The van der Waals surface area contributed by atoms with Crippen LogP contribution in [0.1, 0.15) is 26.3 Å². The molecule has 0 aliphatic carbocycles. The summed E-state index contributed by atoms with van der Waals surface area (Å²) in [5.74, 6) is 0.00222. The smallest absolute Gasteiger partial charge is 0.263 e. The minimum atomic E-state index is -0.834. The number of hydrogen-bond donors (Lipinski definition) is 0. The molecule has 0 radical (unpaired) electrons. The van der Waals surface area contributed by atoms with Gasteiger partial charge in [-0.3, -0.25) is 4.79 Å². The van der Waals surface area contributed by atoms with Gasteiger partial charge in [0.1, 0.15) is 0 Å². The Balaban J connectivity index is 2.52. The van der Waals surface area contributed by atoms with E-state index in [1.807, 2.05) is 45.0 Å². The number of likely N-dealkylation sites (N-methyl/N-ethyl adjacent to an activating group) is 1. The predicted octanol–water partition coefficient (Wildman–Crippen LogP) is 2.30. The maximum atomic E-state index is 12.2. The highest BCUT2D eigenvalue weighted by Gasteiger charge is 2.47. The highest BCUT2D eigenvalue weighted by Crippen LogP contribution is 2.42. The molecule has 0 saturated heterocycles. The molecule has 3 nitrogen and oxygen atoms in total. The average molecular weight is 219 g/mol. The fourth-order valence-corrected chi connectivity index (χ4v) is 2.30. The lowest BCUT2D eigenvalue weighted by atomic mass is 9.97. The van der Waals surface area contributed by atoms with Crippen molar-refractivity contribution in [3.05, 3.63) is 29.8 Å². The summed E-state index contributed by atoms with van der Waals surface area (Å²) in [6.07, 6.45) is 0.0218. The lowest BCUT2D eigenvalue weighted by molar-refractivity contribution is -0.146. The van der Waals surface area contributed by atoms with Crippen molar-refractivity contribution in [2.75, 3.05) is 11.9 Å². The lowest BCUT2D eigenvalue weighted by Gasteiger charge is -2.26. The van der Waals surface area contributed by atoms with E-state index in [9.17, 15) is 4.79 Å². The summed E-state index contributed by atoms with van der Waals surface area (Å²) in [6.45, 7) is 5.73. The Kier molecular flexibility index (Phi) is 2.50. The molecule has 0 N–H and O–H groups in total. The van der Waals surface area contributed by atoms with Crippen molar-refractivity contribution in [1.29, 1.82) is 0 Å². The summed E-state index contributed by atoms with van der Waals surface area (Å²) in [5, 5.41) is 0. The molecule has 0 aromatic heterocycles. The zero-order chi connectivity index (χ0) is 11.9. The van der Waals surface area contributed by atoms with E-state index >= 15 is 0 Å². The second-order valence-corrected chi connectivity index (χ2v) is 4.58. The van der Waals surface area contributed by atoms with Crippen LogP contribution in [-0.2, 0) is 15.1 Å². The van der Waals surface area contributed by atoms with Gasteiger partial charge in [0.15, 0.2) is 5.60 Å². The van der Waals surface area contributed by atoms with Gasteiger partial charge < -0.3 is 9.64 Å². The van der Waals surface area contributed by atoms with Crippen LogP contribution in [0.25, 0.3) is 0 Å². The van der Waals surface area contributed by atoms with E-state index in [1.54, 1.807) is 11.9 Å². The Labute approximate surface area is 96.0 Å². The van der Waals surface area contributed by atoms with E-state index in [0.717, 1.165) is 11.3 Å². The maximum absolute atomic E-state index is 12.2. The fourth-order valence-electron chi connectivity index (χ4n) is 2.30. The molecule has 1 heterocycles. The monoisotopic (exact) mass is 219 g/mol. The van der Waals surface area contributed by atoms with Crippen molar-refractivity contribution >= 4 is 11.6 Å². The van der Waals surface area contributed by atoms with Crippen LogP contribution in [0.4, 0.5) is 5.69 Å². The van der Waals surface area contributed by atoms with Crippen molar-refractivity contribution in [2.45, 2.75) is 32.5 Å². The molecule has 1 unspecified atom stereocenters. The third kappa shape index (κ3) is 1.43. The second-order valence-electron chi connectivity index (χ2n) is 4.58. The van der Waals surface area contributed by atoms with Crippen molar-refractivity contribution in [3.63, 3.8) is 0 Å². The van der Waals surface area contributed by atoms with Gasteiger partial charge in [-0.1, -0.05) is 18.2 Å².